The first-order chi connectivity index (χ1) is 8.97. The zero-order chi connectivity index (χ0) is 14.5. The molecule has 1 rings (SSSR count). The highest BCUT2D eigenvalue weighted by Gasteiger charge is 2.23. The molecule has 0 radical (unpaired) electrons. The molecule has 19 heavy (non-hydrogen) atoms. The van der Waals surface area contributed by atoms with E-state index < -0.39 is 10.0 Å². The number of sulfonamides is 1. The minimum Gasteiger partial charge on any atom is -0.395 e. The maximum Gasteiger partial charge on any atom is 0.243 e. The Morgan fingerprint density at radius 1 is 1.37 bits per heavy atom. The summed E-state index contributed by atoms with van der Waals surface area (Å²) < 4.78 is 26.0. The van der Waals surface area contributed by atoms with E-state index in [2.05, 4.69) is 0 Å². The molecule has 0 aromatic heterocycles. The van der Waals surface area contributed by atoms with Crippen LogP contribution in [0.4, 0.5) is 0 Å². The van der Waals surface area contributed by atoms with Crippen LogP contribution in [0, 0.1) is 18.3 Å². The van der Waals surface area contributed by atoms with Crippen LogP contribution in [-0.4, -0.2) is 37.5 Å². The molecule has 0 aliphatic heterocycles. The van der Waals surface area contributed by atoms with Crippen molar-refractivity contribution in [2.24, 2.45) is 0 Å². The van der Waals surface area contributed by atoms with Gasteiger partial charge in [0, 0.05) is 13.1 Å². The fraction of sp³-hybridized carbons (Fsp3) is 0.462. The van der Waals surface area contributed by atoms with Crippen LogP contribution >= 0.6 is 0 Å². The Hall–Kier alpha value is -1.42. The summed E-state index contributed by atoms with van der Waals surface area (Å²) in [5.74, 6) is 0. The van der Waals surface area contributed by atoms with E-state index in [1.807, 2.05) is 13.0 Å². The Bertz CT molecular complexity index is 570. The molecule has 104 valence electrons. The molecule has 0 spiro atoms. The van der Waals surface area contributed by atoms with E-state index in [1.54, 1.807) is 6.92 Å². The van der Waals surface area contributed by atoms with E-state index in [4.69, 9.17) is 10.4 Å². The highest BCUT2D eigenvalue weighted by molar-refractivity contribution is 7.89. The number of nitriles is 1. The Labute approximate surface area is 114 Å². The highest BCUT2D eigenvalue weighted by atomic mass is 32.2. The molecule has 0 heterocycles. The van der Waals surface area contributed by atoms with Crippen molar-refractivity contribution in [1.29, 1.82) is 5.26 Å². The Morgan fingerprint density at radius 2 is 2.05 bits per heavy atom. The topological polar surface area (TPSA) is 81.4 Å². The summed E-state index contributed by atoms with van der Waals surface area (Å²) in [5.41, 5.74) is 1.09. The fourth-order valence-electron chi connectivity index (χ4n) is 1.78. The standard InChI is InChI=1S/C13H18N2O3S/c1-3-6-15(7-8-16)19(17,18)13-5-4-12(10-14)11(2)9-13/h4-5,9,16H,3,6-8H2,1-2H3. The molecule has 0 fully saturated rings. The van der Waals surface area contributed by atoms with Gasteiger partial charge in [-0.15, -0.1) is 0 Å². The van der Waals surface area contributed by atoms with Gasteiger partial charge in [-0.1, -0.05) is 6.92 Å². The summed E-state index contributed by atoms with van der Waals surface area (Å²) in [6.07, 6.45) is 0.675. The van der Waals surface area contributed by atoms with Crippen LogP contribution < -0.4 is 0 Å². The minimum absolute atomic E-state index is 0.0786. The van der Waals surface area contributed by atoms with Crippen LogP contribution in [0.15, 0.2) is 23.1 Å². The van der Waals surface area contributed by atoms with Crippen LogP contribution in [0.25, 0.3) is 0 Å². The molecule has 0 aliphatic rings. The Balaban J connectivity index is 3.18. The van der Waals surface area contributed by atoms with E-state index in [-0.39, 0.29) is 18.0 Å². The van der Waals surface area contributed by atoms with Gasteiger partial charge in [-0.25, -0.2) is 8.42 Å². The van der Waals surface area contributed by atoms with Crippen molar-refractivity contribution < 1.29 is 13.5 Å². The maximum atomic E-state index is 12.4. The molecule has 1 N–H and O–H groups in total. The van der Waals surface area contributed by atoms with Gasteiger partial charge in [-0.05, 0) is 37.1 Å². The number of aliphatic hydroxyl groups excluding tert-OH is 1. The second-order valence-corrected chi connectivity index (χ2v) is 6.15. The van der Waals surface area contributed by atoms with E-state index >= 15 is 0 Å². The summed E-state index contributed by atoms with van der Waals surface area (Å²) in [4.78, 5) is 0.158. The number of benzene rings is 1. The molecule has 0 saturated carbocycles. The van der Waals surface area contributed by atoms with Crippen molar-refractivity contribution in [3.8, 4) is 6.07 Å². The summed E-state index contributed by atoms with van der Waals surface area (Å²) in [7, 11) is -3.61. The summed E-state index contributed by atoms with van der Waals surface area (Å²) in [6.45, 7) is 3.81. The third kappa shape index (κ3) is 3.53. The van der Waals surface area contributed by atoms with Gasteiger partial charge >= 0.3 is 0 Å². The lowest BCUT2D eigenvalue weighted by molar-refractivity contribution is 0.253. The average Bonchev–Trinajstić information content (AvgIpc) is 2.38. The summed E-state index contributed by atoms with van der Waals surface area (Å²) in [6, 6.07) is 6.44. The number of rotatable bonds is 6. The third-order valence-corrected chi connectivity index (χ3v) is 4.67. The van der Waals surface area contributed by atoms with E-state index in [1.165, 1.54) is 22.5 Å². The van der Waals surface area contributed by atoms with E-state index in [9.17, 15) is 8.42 Å². The number of aliphatic hydroxyl groups is 1. The zero-order valence-corrected chi connectivity index (χ0v) is 11.9. The van der Waals surface area contributed by atoms with Crippen LogP contribution in [0.3, 0.4) is 0 Å². The smallest absolute Gasteiger partial charge is 0.243 e. The Morgan fingerprint density at radius 3 is 2.53 bits per heavy atom. The number of aryl methyl sites for hydroxylation is 1. The van der Waals surface area contributed by atoms with Gasteiger partial charge in [0.1, 0.15) is 0 Å². The predicted octanol–water partition coefficient (Wildman–Crippen LogP) is 1.26. The molecule has 5 nitrogen and oxygen atoms in total. The van der Waals surface area contributed by atoms with Gasteiger partial charge in [0.2, 0.25) is 10.0 Å². The first kappa shape index (κ1) is 15.6. The molecule has 0 atom stereocenters. The number of hydrogen-bond acceptors (Lipinski definition) is 4. The van der Waals surface area contributed by atoms with E-state index in [0.717, 1.165) is 0 Å². The largest absolute Gasteiger partial charge is 0.395 e. The number of nitrogens with zero attached hydrogens (tertiary/aromatic N) is 2. The molecule has 0 aliphatic carbocycles. The van der Waals surface area contributed by atoms with Crippen LogP contribution in [0.1, 0.15) is 24.5 Å². The van der Waals surface area contributed by atoms with Gasteiger partial charge in [0.05, 0.1) is 23.1 Å². The van der Waals surface area contributed by atoms with Crippen LogP contribution in [0.5, 0.6) is 0 Å². The SMILES string of the molecule is CCCN(CCO)S(=O)(=O)c1ccc(C#N)c(C)c1. The molecule has 0 amide bonds. The van der Waals surface area contributed by atoms with Crippen molar-refractivity contribution in [1.82, 2.24) is 4.31 Å². The summed E-state index contributed by atoms with van der Waals surface area (Å²) in [5, 5.41) is 17.8. The highest BCUT2D eigenvalue weighted by Crippen LogP contribution is 2.19. The molecule has 1 aromatic rings. The lowest BCUT2D eigenvalue weighted by Gasteiger charge is -2.20. The van der Waals surface area contributed by atoms with Crippen molar-refractivity contribution in [2.45, 2.75) is 25.2 Å². The molecule has 0 unspecified atom stereocenters. The van der Waals surface area contributed by atoms with Crippen molar-refractivity contribution in [2.75, 3.05) is 19.7 Å². The van der Waals surface area contributed by atoms with Gasteiger partial charge in [-0.3, -0.25) is 0 Å². The molecule has 6 heteroatoms. The normalized spacial score (nSPS) is 11.5. The molecule has 1 aromatic carbocycles. The van der Waals surface area contributed by atoms with E-state index in [0.29, 0.717) is 24.1 Å². The lowest BCUT2D eigenvalue weighted by atomic mass is 10.1. The molecular formula is C13H18N2O3S. The van der Waals surface area contributed by atoms with Gasteiger partial charge in [0.25, 0.3) is 0 Å². The van der Waals surface area contributed by atoms with Gasteiger partial charge in [0.15, 0.2) is 0 Å². The van der Waals surface area contributed by atoms with Crippen molar-refractivity contribution in [3.63, 3.8) is 0 Å². The zero-order valence-electron chi connectivity index (χ0n) is 11.1. The average molecular weight is 282 g/mol. The molecule has 0 saturated heterocycles. The van der Waals surface area contributed by atoms with Crippen LogP contribution in [-0.2, 0) is 10.0 Å². The first-order valence-electron chi connectivity index (χ1n) is 6.09. The quantitative estimate of drug-likeness (QED) is 0.851. The second kappa shape index (κ2) is 6.66. The van der Waals surface area contributed by atoms with Crippen LogP contribution in [0.2, 0.25) is 0 Å². The lowest BCUT2D eigenvalue weighted by Crippen LogP contribution is -2.34. The third-order valence-electron chi connectivity index (χ3n) is 2.78. The van der Waals surface area contributed by atoms with Gasteiger partial charge in [-0.2, -0.15) is 9.57 Å². The summed E-state index contributed by atoms with van der Waals surface area (Å²) >= 11 is 0. The van der Waals surface area contributed by atoms with Gasteiger partial charge < -0.3 is 5.11 Å². The van der Waals surface area contributed by atoms with Crippen molar-refractivity contribution >= 4 is 10.0 Å². The number of hydrogen-bond donors (Lipinski definition) is 1. The second-order valence-electron chi connectivity index (χ2n) is 4.22. The minimum atomic E-state index is -3.61. The first-order valence-corrected chi connectivity index (χ1v) is 7.53. The maximum absolute atomic E-state index is 12.4. The monoisotopic (exact) mass is 282 g/mol. The molecule has 0 bridgehead atoms. The molecular weight excluding hydrogens is 264 g/mol. The fourth-order valence-corrected chi connectivity index (χ4v) is 3.39. The predicted molar refractivity (Wildman–Crippen MR) is 72.0 cm³/mol. The Kier molecular flexibility index (Phi) is 5.48. The van der Waals surface area contributed by atoms with Crippen molar-refractivity contribution in [3.05, 3.63) is 29.3 Å².